The average molecular weight is 242 g/mol. The minimum Gasteiger partial charge on any atom is -0.457 e. The fourth-order valence-corrected chi connectivity index (χ4v) is 1.40. The molecule has 2 aromatic rings. The molecule has 0 aromatic heterocycles. The van der Waals surface area contributed by atoms with Crippen molar-refractivity contribution in [3.8, 4) is 17.2 Å². The van der Waals surface area contributed by atoms with Crippen molar-refractivity contribution >= 4 is 5.97 Å². The second kappa shape index (κ2) is 5.87. The van der Waals surface area contributed by atoms with Gasteiger partial charge in [-0.25, -0.2) is 0 Å². The maximum absolute atomic E-state index is 11.1. The van der Waals surface area contributed by atoms with Gasteiger partial charge in [0.25, 0.3) is 0 Å². The highest BCUT2D eigenvalue weighted by atomic mass is 16.5. The number of hydrogen-bond donors (Lipinski definition) is 0. The second-order valence-corrected chi connectivity index (χ2v) is 3.71. The van der Waals surface area contributed by atoms with Gasteiger partial charge in [0.2, 0.25) is 0 Å². The quantitative estimate of drug-likeness (QED) is 0.604. The topological polar surface area (TPSA) is 35.5 Å². The average Bonchev–Trinajstić information content (AvgIpc) is 2.42. The number of carbonyl (C=O) groups excluding carboxylic acids is 1. The van der Waals surface area contributed by atoms with Crippen LogP contribution >= 0.6 is 0 Å². The van der Waals surface area contributed by atoms with Gasteiger partial charge in [-0.2, -0.15) is 0 Å². The first-order valence-electron chi connectivity index (χ1n) is 5.81. The van der Waals surface area contributed by atoms with Crippen LogP contribution < -0.4 is 9.47 Å². The lowest BCUT2D eigenvalue weighted by Gasteiger charge is -2.06. The van der Waals surface area contributed by atoms with Gasteiger partial charge in [0.05, 0.1) is 0 Å². The molecule has 0 aliphatic rings. The Bertz CT molecular complexity index is 503. The minimum absolute atomic E-state index is 0.244. The lowest BCUT2D eigenvalue weighted by molar-refractivity contribution is -0.134. The first kappa shape index (κ1) is 12.2. The maximum atomic E-state index is 11.1. The third kappa shape index (κ3) is 3.35. The van der Waals surface area contributed by atoms with Gasteiger partial charge in [-0.1, -0.05) is 25.1 Å². The predicted octanol–water partition coefficient (Wildman–Crippen LogP) is 3.79. The SMILES string of the molecule is CCC(=O)Oc1ccc(Oc2ccccc2)cc1. The summed E-state index contributed by atoms with van der Waals surface area (Å²) in [7, 11) is 0. The van der Waals surface area contributed by atoms with Crippen LogP contribution in [0.2, 0.25) is 0 Å². The van der Waals surface area contributed by atoms with E-state index in [9.17, 15) is 4.79 Å². The van der Waals surface area contributed by atoms with E-state index in [-0.39, 0.29) is 5.97 Å². The zero-order chi connectivity index (χ0) is 12.8. The predicted molar refractivity (Wildman–Crippen MR) is 68.9 cm³/mol. The zero-order valence-corrected chi connectivity index (χ0v) is 10.1. The summed E-state index contributed by atoms with van der Waals surface area (Å²) in [5.74, 6) is 1.77. The van der Waals surface area contributed by atoms with Crippen molar-refractivity contribution in [1.82, 2.24) is 0 Å². The number of ether oxygens (including phenoxy) is 2. The van der Waals surface area contributed by atoms with Gasteiger partial charge < -0.3 is 9.47 Å². The van der Waals surface area contributed by atoms with Crippen molar-refractivity contribution in [3.05, 3.63) is 54.6 Å². The molecule has 0 saturated heterocycles. The van der Waals surface area contributed by atoms with E-state index >= 15 is 0 Å². The third-order valence-corrected chi connectivity index (χ3v) is 2.32. The normalized spacial score (nSPS) is 9.83. The summed E-state index contributed by atoms with van der Waals surface area (Å²) in [5.41, 5.74) is 0. The summed E-state index contributed by atoms with van der Waals surface area (Å²) in [6.07, 6.45) is 0.363. The molecule has 3 heteroatoms. The number of para-hydroxylation sites is 1. The van der Waals surface area contributed by atoms with Gasteiger partial charge in [-0.05, 0) is 36.4 Å². The van der Waals surface area contributed by atoms with Crippen LogP contribution in [0.1, 0.15) is 13.3 Å². The number of esters is 1. The van der Waals surface area contributed by atoms with E-state index in [1.165, 1.54) is 0 Å². The van der Waals surface area contributed by atoms with E-state index in [0.717, 1.165) is 5.75 Å². The highest BCUT2D eigenvalue weighted by Gasteiger charge is 2.02. The van der Waals surface area contributed by atoms with Crippen LogP contribution in [-0.2, 0) is 4.79 Å². The number of carbonyl (C=O) groups is 1. The summed E-state index contributed by atoms with van der Waals surface area (Å²) in [6.45, 7) is 1.76. The molecular weight excluding hydrogens is 228 g/mol. The van der Waals surface area contributed by atoms with Crippen molar-refractivity contribution in [3.63, 3.8) is 0 Å². The Morgan fingerprint density at radius 3 is 2.06 bits per heavy atom. The maximum Gasteiger partial charge on any atom is 0.310 e. The highest BCUT2D eigenvalue weighted by Crippen LogP contribution is 2.23. The van der Waals surface area contributed by atoms with Crippen LogP contribution in [0.5, 0.6) is 17.2 Å². The standard InChI is InChI=1S/C15H14O3/c1-2-15(16)18-14-10-8-13(9-11-14)17-12-6-4-3-5-7-12/h3-11H,2H2,1H3. The lowest BCUT2D eigenvalue weighted by atomic mass is 10.3. The molecule has 0 aliphatic carbocycles. The van der Waals surface area contributed by atoms with E-state index in [1.807, 2.05) is 30.3 Å². The van der Waals surface area contributed by atoms with Crippen molar-refractivity contribution in [2.45, 2.75) is 13.3 Å². The molecule has 0 atom stereocenters. The summed E-state index contributed by atoms with van der Waals surface area (Å²) in [6, 6.07) is 16.5. The van der Waals surface area contributed by atoms with Crippen molar-refractivity contribution in [2.24, 2.45) is 0 Å². The third-order valence-electron chi connectivity index (χ3n) is 2.32. The van der Waals surface area contributed by atoms with Gasteiger partial charge in [0.1, 0.15) is 17.2 Å². The van der Waals surface area contributed by atoms with Crippen LogP contribution in [0.3, 0.4) is 0 Å². The molecule has 18 heavy (non-hydrogen) atoms. The Labute approximate surface area is 106 Å². The Hall–Kier alpha value is -2.29. The molecule has 2 aromatic carbocycles. The first-order valence-corrected chi connectivity index (χ1v) is 5.81. The van der Waals surface area contributed by atoms with Gasteiger partial charge in [0.15, 0.2) is 0 Å². The van der Waals surface area contributed by atoms with Crippen LogP contribution in [0.4, 0.5) is 0 Å². The molecule has 0 bridgehead atoms. The molecule has 0 amide bonds. The summed E-state index contributed by atoms with van der Waals surface area (Å²) in [5, 5.41) is 0. The van der Waals surface area contributed by atoms with Crippen molar-refractivity contribution < 1.29 is 14.3 Å². The van der Waals surface area contributed by atoms with Crippen LogP contribution in [-0.4, -0.2) is 5.97 Å². The van der Waals surface area contributed by atoms with Crippen LogP contribution in [0.15, 0.2) is 54.6 Å². The molecule has 0 saturated carbocycles. The molecular formula is C15H14O3. The molecule has 0 spiro atoms. The molecule has 0 unspecified atom stereocenters. The molecule has 0 radical (unpaired) electrons. The minimum atomic E-state index is -0.244. The van der Waals surface area contributed by atoms with E-state index in [0.29, 0.717) is 17.9 Å². The number of hydrogen-bond acceptors (Lipinski definition) is 3. The van der Waals surface area contributed by atoms with Crippen LogP contribution in [0, 0.1) is 0 Å². The molecule has 2 rings (SSSR count). The summed E-state index contributed by atoms with van der Waals surface area (Å²) >= 11 is 0. The van der Waals surface area contributed by atoms with Crippen molar-refractivity contribution in [2.75, 3.05) is 0 Å². The van der Waals surface area contributed by atoms with Gasteiger partial charge in [-0.3, -0.25) is 4.79 Å². The van der Waals surface area contributed by atoms with E-state index in [4.69, 9.17) is 9.47 Å². The largest absolute Gasteiger partial charge is 0.457 e. The molecule has 92 valence electrons. The molecule has 0 N–H and O–H groups in total. The van der Waals surface area contributed by atoms with Gasteiger partial charge in [0, 0.05) is 6.42 Å². The summed E-state index contributed by atoms with van der Waals surface area (Å²) < 4.78 is 10.7. The van der Waals surface area contributed by atoms with E-state index < -0.39 is 0 Å². The lowest BCUT2D eigenvalue weighted by Crippen LogP contribution is -2.05. The highest BCUT2D eigenvalue weighted by molar-refractivity contribution is 5.71. The van der Waals surface area contributed by atoms with E-state index in [2.05, 4.69) is 0 Å². The monoisotopic (exact) mass is 242 g/mol. The molecule has 3 nitrogen and oxygen atoms in total. The fraction of sp³-hybridized carbons (Fsp3) is 0.133. The zero-order valence-electron chi connectivity index (χ0n) is 10.1. The Morgan fingerprint density at radius 1 is 0.889 bits per heavy atom. The van der Waals surface area contributed by atoms with Crippen molar-refractivity contribution in [1.29, 1.82) is 0 Å². The smallest absolute Gasteiger partial charge is 0.310 e. The van der Waals surface area contributed by atoms with Crippen LogP contribution in [0.25, 0.3) is 0 Å². The fourth-order valence-electron chi connectivity index (χ4n) is 1.40. The molecule has 0 heterocycles. The Morgan fingerprint density at radius 2 is 1.44 bits per heavy atom. The number of rotatable bonds is 4. The summed E-state index contributed by atoms with van der Waals surface area (Å²) in [4.78, 5) is 11.1. The Balaban J connectivity index is 2.02. The van der Waals surface area contributed by atoms with Gasteiger partial charge in [-0.15, -0.1) is 0 Å². The molecule has 0 fully saturated rings. The molecule has 0 aliphatic heterocycles. The van der Waals surface area contributed by atoms with Gasteiger partial charge >= 0.3 is 5.97 Å². The van der Waals surface area contributed by atoms with E-state index in [1.54, 1.807) is 31.2 Å². The number of benzene rings is 2. The Kier molecular flexibility index (Phi) is 3.97. The first-order chi connectivity index (χ1) is 8.78. The second-order valence-electron chi connectivity index (χ2n) is 3.71.